The molecule has 168 valence electrons. The van der Waals surface area contributed by atoms with Crippen LogP contribution in [0.15, 0.2) is 82.7 Å². The molecule has 4 aromatic rings. The molecule has 4 rings (SSSR count). The molecule has 1 amide bonds. The molecule has 0 aliphatic heterocycles. The highest BCUT2D eigenvalue weighted by Crippen LogP contribution is 2.24. The Labute approximate surface area is 196 Å². The van der Waals surface area contributed by atoms with Gasteiger partial charge in [0.25, 0.3) is 5.56 Å². The lowest BCUT2D eigenvalue weighted by atomic mass is 10.2. The van der Waals surface area contributed by atoms with E-state index in [0.29, 0.717) is 28.4 Å². The van der Waals surface area contributed by atoms with Crippen LogP contribution in [0.1, 0.15) is 18.1 Å². The summed E-state index contributed by atoms with van der Waals surface area (Å²) in [4.78, 5) is 30.0. The molecular formula is C26H25N3O3S. The Balaban J connectivity index is 1.39. The van der Waals surface area contributed by atoms with Gasteiger partial charge in [0.2, 0.25) is 5.91 Å². The van der Waals surface area contributed by atoms with Gasteiger partial charge in [-0.3, -0.25) is 14.2 Å². The Kier molecular flexibility index (Phi) is 6.79. The average molecular weight is 460 g/mol. The van der Waals surface area contributed by atoms with Crippen LogP contribution in [0.5, 0.6) is 5.75 Å². The minimum absolute atomic E-state index is 0.120. The zero-order chi connectivity index (χ0) is 23.4. The number of fused-ring (bicyclic) bond motifs is 1. The number of amides is 1. The van der Waals surface area contributed by atoms with Gasteiger partial charge in [0.1, 0.15) is 12.4 Å². The topological polar surface area (TPSA) is 73.2 Å². The summed E-state index contributed by atoms with van der Waals surface area (Å²) in [6, 6.07) is 22.8. The number of hydrogen-bond donors (Lipinski definition) is 1. The zero-order valence-corrected chi connectivity index (χ0v) is 19.6. The summed E-state index contributed by atoms with van der Waals surface area (Å²) < 4.78 is 7.28. The van der Waals surface area contributed by atoms with Gasteiger partial charge in [-0.1, -0.05) is 53.7 Å². The molecule has 0 bridgehead atoms. The van der Waals surface area contributed by atoms with Crippen molar-refractivity contribution in [3.8, 4) is 5.75 Å². The van der Waals surface area contributed by atoms with Gasteiger partial charge in [-0.15, -0.1) is 0 Å². The largest absolute Gasteiger partial charge is 0.489 e. The number of ether oxygens (including phenoxy) is 1. The summed E-state index contributed by atoms with van der Waals surface area (Å²) in [5.41, 5.74) is 3.28. The summed E-state index contributed by atoms with van der Waals surface area (Å²) >= 11 is 1.25. The van der Waals surface area contributed by atoms with Crippen molar-refractivity contribution in [2.45, 2.75) is 30.9 Å². The van der Waals surface area contributed by atoms with Crippen molar-refractivity contribution in [2.75, 3.05) is 5.32 Å². The Morgan fingerprint density at radius 3 is 2.55 bits per heavy atom. The number of nitrogens with one attached hydrogen (secondary N) is 1. The molecule has 0 saturated heterocycles. The Morgan fingerprint density at radius 2 is 1.82 bits per heavy atom. The Hall–Kier alpha value is -3.58. The highest BCUT2D eigenvalue weighted by molar-refractivity contribution is 8.00. The predicted molar refractivity (Wildman–Crippen MR) is 133 cm³/mol. The smallest absolute Gasteiger partial charge is 0.261 e. The second kappa shape index (κ2) is 9.92. The van der Waals surface area contributed by atoms with E-state index in [1.54, 1.807) is 14.0 Å². The van der Waals surface area contributed by atoms with Crippen molar-refractivity contribution < 1.29 is 9.53 Å². The van der Waals surface area contributed by atoms with Crippen LogP contribution in [-0.4, -0.2) is 20.7 Å². The molecule has 33 heavy (non-hydrogen) atoms. The molecule has 0 aliphatic carbocycles. The van der Waals surface area contributed by atoms with Gasteiger partial charge in [-0.05, 0) is 55.8 Å². The molecule has 1 unspecified atom stereocenters. The number of hydrogen-bond acceptors (Lipinski definition) is 5. The van der Waals surface area contributed by atoms with Crippen LogP contribution in [0.25, 0.3) is 10.9 Å². The molecule has 7 heteroatoms. The zero-order valence-electron chi connectivity index (χ0n) is 18.7. The van der Waals surface area contributed by atoms with Crippen LogP contribution in [-0.2, 0) is 18.4 Å². The number of carbonyl (C=O) groups excluding carboxylic acids is 1. The Morgan fingerprint density at radius 1 is 1.09 bits per heavy atom. The molecule has 1 aromatic heterocycles. The van der Waals surface area contributed by atoms with Crippen molar-refractivity contribution in [1.82, 2.24) is 9.55 Å². The maximum Gasteiger partial charge on any atom is 0.261 e. The molecule has 0 fully saturated rings. The van der Waals surface area contributed by atoms with Gasteiger partial charge < -0.3 is 10.1 Å². The average Bonchev–Trinajstić information content (AvgIpc) is 2.83. The van der Waals surface area contributed by atoms with Crippen LogP contribution in [0, 0.1) is 6.92 Å². The molecule has 0 spiro atoms. The maximum atomic E-state index is 12.7. The number of rotatable bonds is 7. The van der Waals surface area contributed by atoms with E-state index in [0.717, 1.165) is 16.9 Å². The number of carbonyl (C=O) groups is 1. The first-order valence-electron chi connectivity index (χ1n) is 10.6. The third-order valence-corrected chi connectivity index (χ3v) is 6.36. The normalized spacial score (nSPS) is 11.8. The number of benzene rings is 3. The number of aryl methyl sites for hydroxylation is 1. The third kappa shape index (κ3) is 5.43. The van der Waals surface area contributed by atoms with Crippen molar-refractivity contribution >= 4 is 34.3 Å². The van der Waals surface area contributed by atoms with Crippen LogP contribution in [0.2, 0.25) is 0 Å². The second-order valence-corrected chi connectivity index (χ2v) is 9.14. The summed E-state index contributed by atoms with van der Waals surface area (Å²) in [5, 5.41) is 3.55. The molecule has 0 aliphatic rings. The summed E-state index contributed by atoms with van der Waals surface area (Å²) in [6.45, 7) is 4.22. The van der Waals surface area contributed by atoms with Gasteiger partial charge in [0, 0.05) is 12.7 Å². The highest BCUT2D eigenvalue weighted by atomic mass is 32.2. The third-order valence-electron chi connectivity index (χ3n) is 5.21. The van der Waals surface area contributed by atoms with E-state index in [1.807, 2.05) is 79.7 Å². The summed E-state index contributed by atoms with van der Waals surface area (Å²) in [7, 11) is 1.68. The van der Waals surface area contributed by atoms with Crippen molar-refractivity contribution in [1.29, 1.82) is 0 Å². The first-order valence-corrected chi connectivity index (χ1v) is 11.5. The van der Waals surface area contributed by atoms with E-state index in [2.05, 4.69) is 10.3 Å². The van der Waals surface area contributed by atoms with E-state index < -0.39 is 5.25 Å². The first-order chi connectivity index (χ1) is 15.9. The van der Waals surface area contributed by atoms with E-state index in [4.69, 9.17) is 4.74 Å². The number of nitrogens with zero attached hydrogens (tertiary/aromatic N) is 2. The lowest BCUT2D eigenvalue weighted by Crippen LogP contribution is -2.25. The molecular weight excluding hydrogens is 434 g/mol. The fraction of sp³-hybridized carbons (Fsp3) is 0.192. The van der Waals surface area contributed by atoms with Gasteiger partial charge in [0.05, 0.1) is 16.2 Å². The van der Waals surface area contributed by atoms with Crippen LogP contribution < -0.4 is 15.6 Å². The quantitative estimate of drug-likeness (QED) is 0.313. The molecule has 1 N–H and O–H groups in total. The highest BCUT2D eigenvalue weighted by Gasteiger charge is 2.18. The molecule has 0 saturated carbocycles. The molecule has 6 nitrogen and oxygen atoms in total. The second-order valence-electron chi connectivity index (χ2n) is 7.83. The monoisotopic (exact) mass is 459 g/mol. The van der Waals surface area contributed by atoms with Crippen molar-refractivity contribution in [3.63, 3.8) is 0 Å². The van der Waals surface area contributed by atoms with Crippen LogP contribution in [0.3, 0.4) is 0 Å². The molecule has 1 heterocycles. The fourth-order valence-electron chi connectivity index (χ4n) is 3.30. The number of thioether (sulfide) groups is 1. The SMILES string of the molecule is Cc1ccc2nc(SC(C)C(=O)Nc3ccc(OCc4ccccc4)cc3)n(C)c(=O)c2c1. The summed E-state index contributed by atoms with van der Waals surface area (Å²) in [5.74, 6) is 0.557. The van der Waals surface area contributed by atoms with Gasteiger partial charge in [-0.2, -0.15) is 0 Å². The minimum atomic E-state index is -0.444. The van der Waals surface area contributed by atoms with Gasteiger partial charge in [0.15, 0.2) is 5.16 Å². The standard InChI is InChI=1S/C26H25N3O3S/c1-17-9-14-23-22(15-17)25(31)29(3)26(28-23)33-18(2)24(30)27-20-10-12-21(13-11-20)32-16-19-7-5-4-6-8-19/h4-15,18H,16H2,1-3H3,(H,27,30). The minimum Gasteiger partial charge on any atom is -0.489 e. The maximum absolute atomic E-state index is 12.7. The van der Waals surface area contributed by atoms with Crippen LogP contribution in [0.4, 0.5) is 5.69 Å². The van der Waals surface area contributed by atoms with E-state index in [-0.39, 0.29) is 11.5 Å². The number of aromatic nitrogens is 2. The van der Waals surface area contributed by atoms with Crippen molar-refractivity contribution in [3.05, 3.63) is 94.3 Å². The molecule has 1 atom stereocenters. The first kappa shape index (κ1) is 22.6. The van der Waals surface area contributed by atoms with Gasteiger partial charge in [-0.25, -0.2) is 4.98 Å². The van der Waals surface area contributed by atoms with Gasteiger partial charge >= 0.3 is 0 Å². The van der Waals surface area contributed by atoms with E-state index in [1.165, 1.54) is 16.3 Å². The van der Waals surface area contributed by atoms with Crippen LogP contribution >= 0.6 is 11.8 Å². The lowest BCUT2D eigenvalue weighted by Gasteiger charge is -2.14. The molecule has 0 radical (unpaired) electrons. The van der Waals surface area contributed by atoms with E-state index in [9.17, 15) is 9.59 Å². The fourth-order valence-corrected chi connectivity index (χ4v) is 4.17. The van der Waals surface area contributed by atoms with E-state index >= 15 is 0 Å². The Bertz CT molecular complexity index is 1330. The number of anilines is 1. The van der Waals surface area contributed by atoms with Crippen molar-refractivity contribution in [2.24, 2.45) is 7.05 Å². The predicted octanol–water partition coefficient (Wildman–Crippen LogP) is 4.94. The lowest BCUT2D eigenvalue weighted by molar-refractivity contribution is -0.115. The molecule has 3 aromatic carbocycles. The summed E-state index contributed by atoms with van der Waals surface area (Å²) in [6.07, 6.45) is 0.